The van der Waals surface area contributed by atoms with Crippen LogP contribution in [0.1, 0.15) is 0 Å². The van der Waals surface area contributed by atoms with E-state index in [0.29, 0.717) is 5.89 Å². The highest BCUT2D eigenvalue weighted by Crippen LogP contribution is 2.41. The van der Waals surface area contributed by atoms with Gasteiger partial charge in [0, 0.05) is 67.6 Å². The Hall–Kier alpha value is -7.31. The Labute approximate surface area is 303 Å². The Bertz CT molecular complexity index is 3230. The van der Waals surface area contributed by atoms with Crippen molar-refractivity contribution in [3.8, 4) is 45.0 Å². The van der Waals surface area contributed by atoms with E-state index >= 15 is 0 Å². The molecule has 0 N–H and O–H groups in total. The lowest BCUT2D eigenvalue weighted by Crippen LogP contribution is -1.92. The van der Waals surface area contributed by atoms with Crippen molar-refractivity contribution in [2.24, 2.45) is 0 Å². The molecule has 11 rings (SSSR count). The molecule has 0 aliphatic carbocycles. The third-order valence-corrected chi connectivity index (χ3v) is 10.2. The number of nitrogens with zero attached hydrogens (tertiary/aromatic N) is 5. The lowest BCUT2D eigenvalue weighted by Gasteiger charge is -2.15. The number of oxazole rings is 1. The van der Waals surface area contributed by atoms with Crippen LogP contribution in [0.2, 0.25) is 0 Å². The lowest BCUT2D eigenvalue weighted by molar-refractivity contribution is 0.620. The van der Waals surface area contributed by atoms with Crippen molar-refractivity contribution in [3.05, 3.63) is 164 Å². The standard InChI is InChI=1S/C47H27N5O/c1-2-9-30(10-3-1)47-52-46-40(53-47)23-22-37-41(46)36-12-4-5-15-39(36)51-42(37)29-18-16-28(17-19-29)32-20-21-33(34-13-7-25-49-44(32)34)38-27-31-11-6-24-48-43(31)45-35(38)14-8-26-50-45/h1-27H. The number of pyridine rings is 4. The molecule has 11 aromatic rings. The molecule has 0 aliphatic heterocycles. The van der Waals surface area contributed by atoms with Crippen LogP contribution in [0.3, 0.4) is 0 Å². The van der Waals surface area contributed by atoms with Crippen molar-refractivity contribution in [2.45, 2.75) is 0 Å². The van der Waals surface area contributed by atoms with Crippen LogP contribution in [0.15, 0.2) is 169 Å². The quantitative estimate of drug-likeness (QED) is 0.173. The second-order valence-electron chi connectivity index (χ2n) is 13.2. The number of hydrogen-bond acceptors (Lipinski definition) is 6. The predicted octanol–water partition coefficient (Wildman–Crippen LogP) is 11.8. The minimum atomic E-state index is 0.606. The minimum absolute atomic E-state index is 0.606. The molecule has 0 amide bonds. The maximum Gasteiger partial charge on any atom is 0.227 e. The molecule has 0 spiro atoms. The Morgan fingerprint density at radius 3 is 1.92 bits per heavy atom. The van der Waals surface area contributed by atoms with Crippen LogP contribution in [0.4, 0.5) is 0 Å². The molecule has 5 aromatic heterocycles. The van der Waals surface area contributed by atoms with Crippen molar-refractivity contribution in [2.75, 3.05) is 0 Å². The Morgan fingerprint density at radius 2 is 1.08 bits per heavy atom. The summed E-state index contributed by atoms with van der Waals surface area (Å²) in [5.41, 5.74) is 12.5. The first-order valence-corrected chi connectivity index (χ1v) is 17.6. The zero-order valence-electron chi connectivity index (χ0n) is 28.2. The summed E-state index contributed by atoms with van der Waals surface area (Å²) in [6.45, 7) is 0. The second kappa shape index (κ2) is 11.6. The number of rotatable bonds is 4. The smallest absolute Gasteiger partial charge is 0.227 e. The van der Waals surface area contributed by atoms with Crippen LogP contribution in [0.25, 0.3) is 110 Å². The van der Waals surface area contributed by atoms with E-state index in [1.807, 2.05) is 79.3 Å². The molecule has 6 nitrogen and oxygen atoms in total. The van der Waals surface area contributed by atoms with Gasteiger partial charge in [-0.2, -0.15) is 0 Å². The molecule has 0 saturated heterocycles. The van der Waals surface area contributed by atoms with Crippen molar-refractivity contribution in [3.63, 3.8) is 0 Å². The maximum absolute atomic E-state index is 6.29. The summed E-state index contributed by atoms with van der Waals surface area (Å²) in [5, 5.41) is 6.31. The zero-order chi connectivity index (χ0) is 34.9. The van der Waals surface area contributed by atoms with Crippen molar-refractivity contribution in [1.82, 2.24) is 24.9 Å². The Kier molecular flexibility index (Phi) is 6.45. The van der Waals surface area contributed by atoms with Gasteiger partial charge in [0.25, 0.3) is 0 Å². The fraction of sp³-hybridized carbons (Fsp3) is 0. The highest BCUT2D eigenvalue weighted by atomic mass is 16.3. The molecule has 0 fully saturated rings. The highest BCUT2D eigenvalue weighted by molar-refractivity contribution is 6.21. The molecular weight excluding hydrogens is 651 g/mol. The van der Waals surface area contributed by atoms with Gasteiger partial charge in [-0.3, -0.25) is 15.0 Å². The van der Waals surface area contributed by atoms with Crippen molar-refractivity contribution in [1.29, 1.82) is 0 Å². The minimum Gasteiger partial charge on any atom is -0.436 e. The largest absolute Gasteiger partial charge is 0.436 e. The van der Waals surface area contributed by atoms with E-state index in [4.69, 9.17) is 24.4 Å². The summed E-state index contributed by atoms with van der Waals surface area (Å²) < 4.78 is 6.29. The van der Waals surface area contributed by atoms with E-state index in [2.05, 4.69) is 89.9 Å². The van der Waals surface area contributed by atoms with Crippen LogP contribution >= 0.6 is 0 Å². The molecule has 0 bridgehead atoms. The summed E-state index contributed by atoms with van der Waals surface area (Å²) in [7, 11) is 0. The monoisotopic (exact) mass is 677 g/mol. The third-order valence-electron chi connectivity index (χ3n) is 10.2. The fourth-order valence-corrected chi connectivity index (χ4v) is 7.80. The van der Waals surface area contributed by atoms with E-state index in [1.54, 1.807) is 0 Å². The van der Waals surface area contributed by atoms with Gasteiger partial charge in [0.2, 0.25) is 5.89 Å². The van der Waals surface area contributed by atoms with Crippen molar-refractivity contribution < 1.29 is 4.42 Å². The number of aromatic nitrogens is 5. The van der Waals surface area contributed by atoms with Crippen LogP contribution in [-0.2, 0) is 0 Å². The van der Waals surface area contributed by atoms with E-state index in [1.165, 1.54) is 0 Å². The Balaban J connectivity index is 1.05. The molecule has 6 aromatic carbocycles. The van der Waals surface area contributed by atoms with E-state index < -0.39 is 0 Å². The summed E-state index contributed by atoms with van der Waals surface area (Å²) in [6.07, 6.45) is 5.53. The molecule has 5 heterocycles. The SMILES string of the molecule is c1ccc(-c2nc3c(ccc4c(-c5ccc(-c6ccc(-c7cc8cccnc8c8ncccc78)c7cccnc67)cc5)nc5ccccc5c43)o2)cc1. The van der Waals surface area contributed by atoms with E-state index in [0.717, 1.165) is 105 Å². The molecule has 246 valence electrons. The average Bonchev–Trinajstić information content (AvgIpc) is 3.68. The van der Waals surface area contributed by atoms with Gasteiger partial charge in [-0.25, -0.2) is 9.97 Å². The van der Waals surface area contributed by atoms with Gasteiger partial charge in [-0.05, 0) is 71.3 Å². The van der Waals surface area contributed by atoms with Gasteiger partial charge >= 0.3 is 0 Å². The van der Waals surface area contributed by atoms with Crippen molar-refractivity contribution >= 4 is 65.5 Å². The van der Waals surface area contributed by atoms with Gasteiger partial charge in [-0.1, -0.05) is 91.0 Å². The Morgan fingerprint density at radius 1 is 0.396 bits per heavy atom. The molecule has 0 unspecified atom stereocenters. The van der Waals surface area contributed by atoms with Crippen LogP contribution in [0, 0.1) is 0 Å². The van der Waals surface area contributed by atoms with Gasteiger partial charge in [-0.15, -0.1) is 0 Å². The number of fused-ring (bicyclic) bond motifs is 9. The number of hydrogen-bond donors (Lipinski definition) is 0. The normalized spacial score (nSPS) is 11.8. The summed E-state index contributed by atoms with van der Waals surface area (Å²) in [5.74, 6) is 0.606. The van der Waals surface area contributed by atoms with E-state index in [-0.39, 0.29) is 0 Å². The van der Waals surface area contributed by atoms with Crippen LogP contribution in [0.5, 0.6) is 0 Å². The first kappa shape index (κ1) is 29.4. The predicted molar refractivity (Wildman–Crippen MR) is 214 cm³/mol. The number of benzene rings is 6. The fourth-order valence-electron chi connectivity index (χ4n) is 7.80. The first-order valence-electron chi connectivity index (χ1n) is 17.6. The van der Waals surface area contributed by atoms with E-state index in [9.17, 15) is 0 Å². The first-order chi connectivity index (χ1) is 26.3. The van der Waals surface area contributed by atoms with Gasteiger partial charge < -0.3 is 4.42 Å². The zero-order valence-corrected chi connectivity index (χ0v) is 28.2. The summed E-state index contributed by atoms with van der Waals surface area (Å²) >= 11 is 0. The summed E-state index contributed by atoms with van der Waals surface area (Å²) in [6, 6.07) is 50.0. The molecule has 0 radical (unpaired) electrons. The second-order valence-corrected chi connectivity index (χ2v) is 13.2. The average molecular weight is 678 g/mol. The maximum atomic E-state index is 6.29. The molecule has 6 heteroatoms. The lowest BCUT2D eigenvalue weighted by atomic mass is 9.91. The molecule has 0 aliphatic rings. The van der Waals surface area contributed by atoms with Crippen LogP contribution in [-0.4, -0.2) is 24.9 Å². The molecule has 0 atom stereocenters. The van der Waals surface area contributed by atoms with Gasteiger partial charge in [0.1, 0.15) is 5.52 Å². The number of para-hydroxylation sites is 1. The highest BCUT2D eigenvalue weighted by Gasteiger charge is 2.19. The van der Waals surface area contributed by atoms with Gasteiger partial charge in [0.05, 0.1) is 27.8 Å². The molecular formula is C47H27N5O. The van der Waals surface area contributed by atoms with Crippen LogP contribution < -0.4 is 0 Å². The molecule has 0 saturated carbocycles. The third kappa shape index (κ3) is 4.63. The van der Waals surface area contributed by atoms with Gasteiger partial charge in [0.15, 0.2) is 5.58 Å². The topological polar surface area (TPSA) is 77.6 Å². The molecule has 53 heavy (non-hydrogen) atoms. The summed E-state index contributed by atoms with van der Waals surface area (Å²) in [4.78, 5) is 24.6.